The molecule has 2 aliphatic rings. The highest BCUT2D eigenvalue weighted by Gasteiger charge is 2.48. The third-order valence-electron chi connectivity index (χ3n) is 4.26. The summed E-state index contributed by atoms with van der Waals surface area (Å²) in [5, 5.41) is 4.53. The van der Waals surface area contributed by atoms with Crippen molar-refractivity contribution in [1.82, 2.24) is 9.78 Å². The number of hydrogen-bond acceptors (Lipinski definition) is 3. The van der Waals surface area contributed by atoms with E-state index in [-0.39, 0.29) is 17.7 Å². The van der Waals surface area contributed by atoms with Gasteiger partial charge in [-0.1, -0.05) is 27.7 Å². The van der Waals surface area contributed by atoms with Crippen molar-refractivity contribution in [2.45, 2.75) is 59.3 Å². The minimum atomic E-state index is -0.255. The molecule has 0 aromatic carbocycles. The maximum atomic E-state index is 6.34. The van der Waals surface area contributed by atoms with Crippen LogP contribution in [0.2, 0.25) is 0 Å². The maximum absolute atomic E-state index is 6.34. The first kappa shape index (κ1) is 14.5. The van der Waals surface area contributed by atoms with Crippen molar-refractivity contribution in [1.29, 1.82) is 0 Å². The first-order valence-corrected chi connectivity index (χ1v) is 7.34. The van der Waals surface area contributed by atoms with E-state index >= 15 is 0 Å². The summed E-state index contributed by atoms with van der Waals surface area (Å²) < 4.78 is 14.0. The minimum Gasteiger partial charge on any atom is -0.376 e. The average Bonchev–Trinajstić information content (AvgIpc) is 2.98. The standard InChI is InChI=1S/C13H20N2O2.C2H6/c1-8(2)13(4)12-9(3)5-14-15(12)10-6-16-7-11(10)17-13;1-2/h5,8,10-11H,6-7H2,1-4H3;1-2H3. The van der Waals surface area contributed by atoms with Crippen LogP contribution in [-0.4, -0.2) is 29.1 Å². The van der Waals surface area contributed by atoms with Gasteiger partial charge in [-0.2, -0.15) is 5.10 Å². The lowest BCUT2D eigenvalue weighted by atomic mass is 9.85. The van der Waals surface area contributed by atoms with Gasteiger partial charge in [0.2, 0.25) is 0 Å². The van der Waals surface area contributed by atoms with Crippen molar-refractivity contribution in [3.05, 3.63) is 17.5 Å². The van der Waals surface area contributed by atoms with Gasteiger partial charge in [0.15, 0.2) is 0 Å². The van der Waals surface area contributed by atoms with E-state index in [0.717, 1.165) is 0 Å². The molecule has 0 N–H and O–H groups in total. The van der Waals surface area contributed by atoms with Crippen LogP contribution >= 0.6 is 0 Å². The molecule has 0 amide bonds. The average molecular weight is 266 g/mol. The molecule has 3 heterocycles. The first-order valence-electron chi connectivity index (χ1n) is 7.34. The van der Waals surface area contributed by atoms with E-state index in [1.807, 2.05) is 20.0 Å². The van der Waals surface area contributed by atoms with Crippen LogP contribution in [0.3, 0.4) is 0 Å². The fraction of sp³-hybridized carbons (Fsp3) is 0.800. The highest BCUT2D eigenvalue weighted by atomic mass is 16.6. The molecule has 1 aromatic heterocycles. The van der Waals surface area contributed by atoms with Crippen LogP contribution in [0.5, 0.6) is 0 Å². The molecule has 3 rings (SSSR count). The number of aryl methyl sites for hydroxylation is 1. The van der Waals surface area contributed by atoms with E-state index in [4.69, 9.17) is 9.47 Å². The molecule has 0 bridgehead atoms. The predicted molar refractivity (Wildman–Crippen MR) is 75.2 cm³/mol. The second kappa shape index (κ2) is 5.25. The topological polar surface area (TPSA) is 36.3 Å². The van der Waals surface area contributed by atoms with Crippen LogP contribution in [0.25, 0.3) is 0 Å². The molecule has 108 valence electrons. The molecule has 19 heavy (non-hydrogen) atoms. The Bertz CT molecular complexity index is 441. The van der Waals surface area contributed by atoms with Crippen LogP contribution < -0.4 is 0 Å². The van der Waals surface area contributed by atoms with Crippen molar-refractivity contribution in [3.63, 3.8) is 0 Å². The van der Waals surface area contributed by atoms with Crippen LogP contribution in [0, 0.1) is 12.8 Å². The third-order valence-corrected chi connectivity index (χ3v) is 4.26. The molecule has 3 unspecified atom stereocenters. The Morgan fingerprint density at radius 2 is 2.05 bits per heavy atom. The monoisotopic (exact) mass is 266 g/mol. The number of rotatable bonds is 1. The summed E-state index contributed by atoms with van der Waals surface area (Å²) in [6.07, 6.45) is 2.09. The molecule has 4 nitrogen and oxygen atoms in total. The number of ether oxygens (including phenoxy) is 2. The van der Waals surface area contributed by atoms with Gasteiger partial charge in [0, 0.05) is 0 Å². The van der Waals surface area contributed by atoms with Crippen LogP contribution in [-0.2, 0) is 15.1 Å². The van der Waals surface area contributed by atoms with E-state index in [9.17, 15) is 0 Å². The number of nitrogens with zero attached hydrogens (tertiary/aromatic N) is 2. The van der Waals surface area contributed by atoms with Crippen molar-refractivity contribution >= 4 is 0 Å². The van der Waals surface area contributed by atoms with Gasteiger partial charge in [-0.25, -0.2) is 0 Å². The smallest absolute Gasteiger partial charge is 0.110 e. The van der Waals surface area contributed by atoms with Gasteiger partial charge in [0.1, 0.15) is 17.7 Å². The third kappa shape index (κ3) is 2.11. The zero-order valence-corrected chi connectivity index (χ0v) is 12.9. The van der Waals surface area contributed by atoms with Gasteiger partial charge >= 0.3 is 0 Å². The van der Waals surface area contributed by atoms with Gasteiger partial charge in [-0.05, 0) is 25.3 Å². The maximum Gasteiger partial charge on any atom is 0.110 e. The summed E-state index contributed by atoms with van der Waals surface area (Å²) >= 11 is 0. The molecular weight excluding hydrogens is 240 g/mol. The zero-order chi connectivity index (χ0) is 14.2. The molecule has 4 heteroatoms. The predicted octanol–water partition coefficient (Wildman–Crippen LogP) is 3.06. The Morgan fingerprint density at radius 3 is 2.68 bits per heavy atom. The van der Waals surface area contributed by atoms with Crippen molar-refractivity contribution in [2.24, 2.45) is 5.92 Å². The Kier molecular flexibility index (Phi) is 4.02. The van der Waals surface area contributed by atoms with Gasteiger partial charge in [0.05, 0.1) is 25.1 Å². The molecule has 2 aliphatic heterocycles. The molecule has 1 fully saturated rings. The van der Waals surface area contributed by atoms with Crippen molar-refractivity contribution in [3.8, 4) is 0 Å². The normalized spacial score (nSPS) is 32.6. The lowest BCUT2D eigenvalue weighted by Crippen LogP contribution is -2.47. The second-order valence-electron chi connectivity index (χ2n) is 5.64. The molecule has 1 aromatic rings. The van der Waals surface area contributed by atoms with Crippen molar-refractivity contribution in [2.75, 3.05) is 13.2 Å². The summed E-state index contributed by atoms with van der Waals surface area (Å²) in [4.78, 5) is 0. The minimum absolute atomic E-state index is 0.147. The van der Waals surface area contributed by atoms with Gasteiger partial charge < -0.3 is 9.47 Å². The number of aromatic nitrogens is 2. The lowest BCUT2D eigenvalue weighted by Gasteiger charge is -2.43. The van der Waals surface area contributed by atoms with Gasteiger partial charge in [-0.3, -0.25) is 4.68 Å². The van der Waals surface area contributed by atoms with E-state index < -0.39 is 0 Å². The molecule has 0 saturated carbocycles. The Morgan fingerprint density at radius 1 is 1.37 bits per heavy atom. The summed E-state index contributed by atoms with van der Waals surface area (Å²) in [6, 6.07) is 0.255. The molecular formula is C15H26N2O2. The Hall–Kier alpha value is -0.870. The SMILES string of the molecule is CC.Cc1cnn2c1C(C)(C(C)C)OC1COCC12. The highest BCUT2D eigenvalue weighted by Crippen LogP contribution is 2.44. The number of fused-ring (bicyclic) bond motifs is 3. The van der Waals surface area contributed by atoms with Crippen LogP contribution in [0.15, 0.2) is 6.20 Å². The lowest BCUT2D eigenvalue weighted by molar-refractivity contribution is -0.149. The van der Waals surface area contributed by atoms with Crippen LogP contribution in [0.1, 0.15) is 51.9 Å². The van der Waals surface area contributed by atoms with Gasteiger partial charge in [-0.15, -0.1) is 0 Å². The van der Waals surface area contributed by atoms with E-state index in [0.29, 0.717) is 19.1 Å². The molecule has 1 saturated heterocycles. The molecule has 3 atom stereocenters. The molecule has 0 aliphatic carbocycles. The summed E-state index contributed by atoms with van der Waals surface area (Å²) in [5.74, 6) is 0.415. The van der Waals surface area contributed by atoms with Crippen LogP contribution in [0.4, 0.5) is 0 Å². The summed E-state index contributed by atoms with van der Waals surface area (Å²) in [7, 11) is 0. The van der Waals surface area contributed by atoms with Gasteiger partial charge in [0.25, 0.3) is 0 Å². The van der Waals surface area contributed by atoms with E-state index in [2.05, 4.69) is 37.5 Å². The van der Waals surface area contributed by atoms with E-state index in [1.54, 1.807) is 0 Å². The molecule has 0 radical (unpaired) electrons. The quantitative estimate of drug-likeness (QED) is 0.784. The fourth-order valence-corrected chi connectivity index (χ4v) is 2.96. The van der Waals surface area contributed by atoms with E-state index in [1.165, 1.54) is 11.3 Å². The largest absolute Gasteiger partial charge is 0.376 e. The first-order chi connectivity index (χ1) is 9.04. The Labute approximate surface area is 116 Å². The second-order valence-corrected chi connectivity index (χ2v) is 5.64. The number of hydrogen-bond donors (Lipinski definition) is 0. The fourth-order valence-electron chi connectivity index (χ4n) is 2.96. The zero-order valence-electron chi connectivity index (χ0n) is 12.9. The Balaban J connectivity index is 0.000000637. The molecule has 0 spiro atoms. The summed E-state index contributed by atoms with van der Waals surface area (Å²) in [6.45, 7) is 14.1. The highest BCUT2D eigenvalue weighted by molar-refractivity contribution is 5.26. The summed E-state index contributed by atoms with van der Waals surface area (Å²) in [5.41, 5.74) is 2.18. The van der Waals surface area contributed by atoms with Crippen molar-refractivity contribution < 1.29 is 9.47 Å².